The molecule has 0 N–H and O–H groups in total. The Morgan fingerprint density at radius 1 is 1.17 bits per heavy atom. The number of carbonyl (C=O) groups excluding carboxylic acids is 1. The molecule has 1 atom stereocenters. The summed E-state index contributed by atoms with van der Waals surface area (Å²) in [5.74, 6) is 1.17. The number of halogens is 1. The van der Waals surface area contributed by atoms with Gasteiger partial charge in [-0.15, -0.1) is 10.2 Å². The Bertz CT molecular complexity index is 994. The molecule has 6 nitrogen and oxygen atoms in total. The Morgan fingerprint density at radius 3 is 2.67 bits per heavy atom. The third-order valence-electron chi connectivity index (χ3n) is 4.92. The summed E-state index contributed by atoms with van der Waals surface area (Å²) >= 11 is 7.46. The van der Waals surface area contributed by atoms with Gasteiger partial charge >= 0.3 is 0 Å². The first-order valence-electron chi connectivity index (χ1n) is 9.85. The van der Waals surface area contributed by atoms with Gasteiger partial charge in [0.2, 0.25) is 5.91 Å². The molecule has 1 fully saturated rings. The van der Waals surface area contributed by atoms with Crippen LogP contribution in [0.4, 0.5) is 0 Å². The molecule has 1 aromatic heterocycles. The van der Waals surface area contributed by atoms with E-state index in [2.05, 4.69) is 26.9 Å². The Balaban J connectivity index is 1.56. The van der Waals surface area contributed by atoms with Crippen LogP contribution in [0.3, 0.4) is 0 Å². The number of morpholine rings is 1. The first-order chi connectivity index (χ1) is 14.6. The van der Waals surface area contributed by atoms with Crippen LogP contribution in [0.2, 0.25) is 5.02 Å². The fourth-order valence-electron chi connectivity index (χ4n) is 3.38. The molecule has 0 saturated carbocycles. The van der Waals surface area contributed by atoms with Gasteiger partial charge < -0.3 is 9.64 Å². The van der Waals surface area contributed by atoms with E-state index in [-0.39, 0.29) is 12.0 Å². The molecule has 0 spiro atoms. The molecular weight excluding hydrogens is 420 g/mol. The lowest BCUT2D eigenvalue weighted by Gasteiger charge is -2.31. The van der Waals surface area contributed by atoms with Crippen LogP contribution in [0.15, 0.2) is 59.8 Å². The van der Waals surface area contributed by atoms with Gasteiger partial charge in [0, 0.05) is 23.7 Å². The number of thioether (sulfide) groups is 1. The van der Waals surface area contributed by atoms with Gasteiger partial charge in [-0.2, -0.15) is 0 Å². The van der Waals surface area contributed by atoms with Crippen molar-refractivity contribution < 1.29 is 9.53 Å². The molecule has 3 aromatic rings. The molecule has 156 valence electrons. The summed E-state index contributed by atoms with van der Waals surface area (Å²) in [6.45, 7) is 4.46. The van der Waals surface area contributed by atoms with Crippen molar-refractivity contribution >= 4 is 29.3 Å². The van der Waals surface area contributed by atoms with Crippen LogP contribution in [0.1, 0.15) is 12.5 Å². The van der Waals surface area contributed by atoms with Crippen molar-refractivity contribution in [1.82, 2.24) is 19.7 Å². The maximum Gasteiger partial charge on any atom is 0.233 e. The molecule has 1 aliphatic rings. The van der Waals surface area contributed by atoms with Crippen molar-refractivity contribution in [2.24, 2.45) is 0 Å². The maximum atomic E-state index is 12.7. The van der Waals surface area contributed by atoms with Gasteiger partial charge in [0.1, 0.15) is 0 Å². The van der Waals surface area contributed by atoms with Gasteiger partial charge in [0.05, 0.1) is 25.0 Å². The van der Waals surface area contributed by atoms with E-state index in [1.165, 1.54) is 11.8 Å². The summed E-state index contributed by atoms with van der Waals surface area (Å²) in [5.41, 5.74) is 2.07. The SMILES string of the molecule is CC1CN(C(=O)CSc2nnc(-c3ccc(Cl)cc3)n2Cc2ccccc2)CCO1. The molecule has 8 heteroatoms. The zero-order chi connectivity index (χ0) is 20.9. The van der Waals surface area contributed by atoms with E-state index in [0.717, 1.165) is 22.1 Å². The first-order valence-corrected chi connectivity index (χ1v) is 11.2. The van der Waals surface area contributed by atoms with Gasteiger partial charge in [-0.05, 0) is 36.8 Å². The molecular formula is C22H23ClN4O2S. The normalized spacial score (nSPS) is 16.6. The number of carbonyl (C=O) groups is 1. The van der Waals surface area contributed by atoms with Crippen molar-refractivity contribution in [2.75, 3.05) is 25.4 Å². The highest BCUT2D eigenvalue weighted by molar-refractivity contribution is 7.99. The molecule has 0 aliphatic carbocycles. The number of rotatable bonds is 6. The quantitative estimate of drug-likeness (QED) is 0.540. The highest BCUT2D eigenvalue weighted by atomic mass is 35.5. The lowest BCUT2D eigenvalue weighted by atomic mass is 10.2. The number of benzene rings is 2. The fourth-order valence-corrected chi connectivity index (χ4v) is 4.35. The highest BCUT2D eigenvalue weighted by Gasteiger charge is 2.23. The number of ether oxygens (including phenoxy) is 1. The van der Waals surface area contributed by atoms with E-state index in [9.17, 15) is 4.79 Å². The molecule has 2 heterocycles. The molecule has 1 amide bonds. The number of hydrogen-bond donors (Lipinski definition) is 0. The average molecular weight is 443 g/mol. The molecule has 0 radical (unpaired) electrons. The predicted octanol–water partition coefficient (Wildman–Crippen LogP) is 3.99. The monoisotopic (exact) mass is 442 g/mol. The Hall–Kier alpha value is -2.35. The second-order valence-corrected chi connectivity index (χ2v) is 8.57. The summed E-state index contributed by atoms with van der Waals surface area (Å²) in [4.78, 5) is 14.5. The van der Waals surface area contributed by atoms with Crippen LogP contribution in [0.25, 0.3) is 11.4 Å². The minimum Gasteiger partial charge on any atom is -0.375 e. The molecule has 1 saturated heterocycles. The zero-order valence-corrected chi connectivity index (χ0v) is 18.3. The van der Waals surface area contributed by atoms with E-state index in [4.69, 9.17) is 16.3 Å². The predicted molar refractivity (Wildman–Crippen MR) is 119 cm³/mol. The second kappa shape index (κ2) is 9.64. The molecule has 0 bridgehead atoms. The van der Waals surface area contributed by atoms with Crippen LogP contribution >= 0.6 is 23.4 Å². The minimum absolute atomic E-state index is 0.0749. The lowest BCUT2D eigenvalue weighted by molar-refractivity contribution is -0.135. The van der Waals surface area contributed by atoms with Crippen LogP contribution < -0.4 is 0 Å². The summed E-state index contributed by atoms with van der Waals surface area (Å²) in [6, 6.07) is 17.7. The topological polar surface area (TPSA) is 60.2 Å². The van der Waals surface area contributed by atoms with Crippen LogP contribution in [0.5, 0.6) is 0 Å². The van der Waals surface area contributed by atoms with E-state index >= 15 is 0 Å². The Kier molecular flexibility index (Phi) is 6.72. The number of amides is 1. The van der Waals surface area contributed by atoms with Crippen LogP contribution in [-0.2, 0) is 16.1 Å². The minimum atomic E-state index is 0.0749. The van der Waals surface area contributed by atoms with Gasteiger partial charge in [0.15, 0.2) is 11.0 Å². The van der Waals surface area contributed by atoms with Gasteiger partial charge in [-0.1, -0.05) is 53.7 Å². The van der Waals surface area contributed by atoms with Crippen molar-refractivity contribution in [3.05, 3.63) is 65.2 Å². The van der Waals surface area contributed by atoms with E-state index in [1.807, 2.05) is 54.3 Å². The van der Waals surface area contributed by atoms with Crippen molar-refractivity contribution in [1.29, 1.82) is 0 Å². The fraction of sp³-hybridized carbons (Fsp3) is 0.318. The molecule has 1 unspecified atom stereocenters. The Morgan fingerprint density at radius 2 is 1.93 bits per heavy atom. The van der Waals surface area contributed by atoms with Crippen LogP contribution in [-0.4, -0.2) is 57.1 Å². The molecule has 30 heavy (non-hydrogen) atoms. The van der Waals surface area contributed by atoms with E-state index in [0.29, 0.717) is 37.0 Å². The third kappa shape index (κ3) is 5.03. The average Bonchev–Trinajstić information content (AvgIpc) is 3.15. The van der Waals surface area contributed by atoms with Gasteiger partial charge in [-0.25, -0.2) is 0 Å². The zero-order valence-electron chi connectivity index (χ0n) is 16.7. The summed E-state index contributed by atoms with van der Waals surface area (Å²) in [7, 11) is 0. The van der Waals surface area contributed by atoms with Gasteiger partial charge in [-0.3, -0.25) is 9.36 Å². The lowest BCUT2D eigenvalue weighted by Crippen LogP contribution is -2.45. The van der Waals surface area contributed by atoms with Crippen molar-refractivity contribution in [2.45, 2.75) is 24.7 Å². The Labute approximate surface area is 185 Å². The first kappa shape index (κ1) is 20.9. The molecule has 1 aliphatic heterocycles. The summed E-state index contributed by atoms with van der Waals surface area (Å²) < 4.78 is 7.58. The number of hydrogen-bond acceptors (Lipinski definition) is 5. The third-order valence-corrected chi connectivity index (χ3v) is 6.12. The second-order valence-electron chi connectivity index (χ2n) is 7.19. The maximum absolute atomic E-state index is 12.7. The largest absolute Gasteiger partial charge is 0.375 e. The highest BCUT2D eigenvalue weighted by Crippen LogP contribution is 2.26. The number of aromatic nitrogens is 3. The van der Waals surface area contributed by atoms with E-state index in [1.54, 1.807) is 0 Å². The molecule has 2 aromatic carbocycles. The van der Waals surface area contributed by atoms with Gasteiger partial charge in [0.25, 0.3) is 0 Å². The van der Waals surface area contributed by atoms with Crippen LogP contribution in [0, 0.1) is 0 Å². The smallest absolute Gasteiger partial charge is 0.233 e. The molecule has 4 rings (SSSR count). The summed E-state index contributed by atoms with van der Waals surface area (Å²) in [5, 5.41) is 10.2. The van der Waals surface area contributed by atoms with Crippen molar-refractivity contribution in [3.63, 3.8) is 0 Å². The van der Waals surface area contributed by atoms with Crippen molar-refractivity contribution in [3.8, 4) is 11.4 Å². The standard InChI is InChI=1S/C22H23ClN4O2S/c1-16-13-26(11-12-29-16)20(28)15-30-22-25-24-21(18-7-9-19(23)10-8-18)27(22)14-17-5-3-2-4-6-17/h2-10,16H,11-15H2,1H3. The number of nitrogens with zero attached hydrogens (tertiary/aromatic N) is 4. The van der Waals surface area contributed by atoms with E-state index < -0.39 is 0 Å². The summed E-state index contributed by atoms with van der Waals surface area (Å²) in [6.07, 6.45) is 0.0749.